The van der Waals surface area contributed by atoms with Crippen LogP contribution in [0.25, 0.3) is 0 Å². The van der Waals surface area contributed by atoms with Crippen molar-refractivity contribution < 1.29 is 9.90 Å². The van der Waals surface area contributed by atoms with Crippen LogP contribution in [0.5, 0.6) is 0 Å². The van der Waals surface area contributed by atoms with Crippen LogP contribution in [0, 0.1) is 13.8 Å². The summed E-state index contributed by atoms with van der Waals surface area (Å²) in [5, 5.41) is 11.3. The van der Waals surface area contributed by atoms with Gasteiger partial charge in [-0.05, 0) is 19.9 Å². The molecule has 18 heavy (non-hydrogen) atoms. The van der Waals surface area contributed by atoms with Crippen molar-refractivity contribution in [3.8, 4) is 0 Å². The molecule has 0 saturated heterocycles. The lowest BCUT2D eigenvalue weighted by atomic mass is 10.4. The van der Waals surface area contributed by atoms with Gasteiger partial charge in [0.25, 0.3) is 0 Å². The highest BCUT2D eigenvalue weighted by molar-refractivity contribution is 7.98. The Bertz CT molecular complexity index is 563. The zero-order chi connectivity index (χ0) is 13.1. The molecule has 0 amide bonds. The largest absolute Gasteiger partial charge is 0.476 e. The molecule has 1 N–H and O–H groups in total. The Kier molecular flexibility index (Phi) is 3.93. The molecule has 0 unspecified atom stereocenters. The van der Waals surface area contributed by atoms with Gasteiger partial charge in [-0.1, -0.05) is 11.8 Å². The molecule has 2 rings (SSSR count). The molecular formula is C11H11N3O2S2. The van der Waals surface area contributed by atoms with E-state index in [0.717, 1.165) is 28.4 Å². The van der Waals surface area contributed by atoms with E-state index in [-0.39, 0.29) is 5.01 Å². The minimum Gasteiger partial charge on any atom is -0.476 e. The van der Waals surface area contributed by atoms with Gasteiger partial charge in [0.2, 0.25) is 5.01 Å². The van der Waals surface area contributed by atoms with Crippen molar-refractivity contribution in [1.29, 1.82) is 0 Å². The summed E-state index contributed by atoms with van der Waals surface area (Å²) < 4.78 is 0. The first-order chi connectivity index (χ1) is 8.54. The molecule has 0 aromatic carbocycles. The minimum atomic E-state index is -0.987. The predicted octanol–water partition coefficient (Wildman–Crippen LogP) is 2.54. The molecule has 2 aromatic rings. The molecule has 5 nitrogen and oxygen atoms in total. The van der Waals surface area contributed by atoms with Crippen LogP contribution in [-0.4, -0.2) is 26.0 Å². The Morgan fingerprint density at radius 2 is 2.00 bits per heavy atom. The van der Waals surface area contributed by atoms with Gasteiger partial charge < -0.3 is 5.11 Å². The molecule has 7 heteroatoms. The van der Waals surface area contributed by atoms with Crippen molar-refractivity contribution in [2.45, 2.75) is 24.8 Å². The van der Waals surface area contributed by atoms with Crippen molar-refractivity contribution in [2.75, 3.05) is 0 Å². The number of aromatic nitrogens is 3. The van der Waals surface area contributed by atoms with Gasteiger partial charge in [0.05, 0.1) is 5.69 Å². The molecule has 0 aliphatic heterocycles. The summed E-state index contributed by atoms with van der Waals surface area (Å²) in [5.74, 6) is -0.411. The zero-order valence-electron chi connectivity index (χ0n) is 9.88. The lowest BCUT2D eigenvalue weighted by Crippen LogP contribution is -1.96. The number of hydrogen-bond acceptors (Lipinski definition) is 6. The van der Waals surface area contributed by atoms with Crippen LogP contribution in [0.2, 0.25) is 0 Å². The maximum atomic E-state index is 10.7. The van der Waals surface area contributed by atoms with E-state index < -0.39 is 5.97 Å². The average molecular weight is 281 g/mol. The Labute approximate surface area is 112 Å². The van der Waals surface area contributed by atoms with Gasteiger partial charge >= 0.3 is 5.97 Å². The smallest absolute Gasteiger partial charge is 0.365 e. The highest BCUT2D eigenvalue weighted by Gasteiger charge is 2.09. The van der Waals surface area contributed by atoms with E-state index in [1.807, 2.05) is 19.9 Å². The number of carboxylic acid groups (broad SMARTS) is 1. The van der Waals surface area contributed by atoms with Crippen molar-refractivity contribution in [3.05, 3.63) is 33.5 Å². The van der Waals surface area contributed by atoms with E-state index in [1.165, 1.54) is 11.8 Å². The number of aromatic carboxylic acids is 1. The Morgan fingerprint density at radius 3 is 2.56 bits per heavy atom. The fourth-order valence-electron chi connectivity index (χ4n) is 1.37. The van der Waals surface area contributed by atoms with Gasteiger partial charge in [0.15, 0.2) is 5.16 Å². The van der Waals surface area contributed by atoms with Gasteiger partial charge in [-0.2, -0.15) is 0 Å². The molecule has 0 aliphatic carbocycles. The van der Waals surface area contributed by atoms with Crippen LogP contribution in [0.3, 0.4) is 0 Å². The lowest BCUT2D eigenvalue weighted by Gasteiger charge is -2.01. The number of carboxylic acids is 1. The van der Waals surface area contributed by atoms with Crippen LogP contribution < -0.4 is 0 Å². The number of rotatable bonds is 4. The standard InChI is InChI=1S/C11H11N3O2S2/c1-6-3-7(2)13-11(12-6)18-5-8-4-17-9(14-8)10(15)16/h3-4H,5H2,1-2H3,(H,15,16). The first-order valence-electron chi connectivity index (χ1n) is 5.17. The van der Waals surface area contributed by atoms with Crippen LogP contribution >= 0.6 is 23.1 Å². The van der Waals surface area contributed by atoms with Gasteiger partial charge in [0, 0.05) is 22.5 Å². The summed E-state index contributed by atoms with van der Waals surface area (Å²) in [7, 11) is 0. The normalized spacial score (nSPS) is 10.6. The zero-order valence-corrected chi connectivity index (χ0v) is 11.5. The molecule has 0 saturated carbocycles. The SMILES string of the molecule is Cc1cc(C)nc(SCc2csc(C(=O)O)n2)n1. The monoisotopic (exact) mass is 281 g/mol. The summed E-state index contributed by atoms with van der Waals surface area (Å²) in [5.41, 5.74) is 2.59. The van der Waals surface area contributed by atoms with Gasteiger partial charge in [0.1, 0.15) is 0 Å². The third-order valence-electron chi connectivity index (χ3n) is 2.05. The van der Waals surface area contributed by atoms with E-state index in [9.17, 15) is 4.79 Å². The summed E-state index contributed by atoms with van der Waals surface area (Å²) in [6.45, 7) is 3.84. The molecular weight excluding hydrogens is 270 g/mol. The first kappa shape index (κ1) is 13.0. The molecule has 94 valence electrons. The van der Waals surface area contributed by atoms with E-state index in [1.54, 1.807) is 5.38 Å². The van der Waals surface area contributed by atoms with Gasteiger partial charge in [-0.15, -0.1) is 11.3 Å². The number of carbonyl (C=O) groups is 1. The molecule has 0 fully saturated rings. The summed E-state index contributed by atoms with van der Waals surface area (Å²) in [6.07, 6.45) is 0. The second kappa shape index (κ2) is 5.45. The first-order valence-corrected chi connectivity index (χ1v) is 7.04. The number of hydrogen-bond donors (Lipinski definition) is 1. The highest BCUT2D eigenvalue weighted by atomic mass is 32.2. The van der Waals surface area contributed by atoms with E-state index in [4.69, 9.17) is 5.11 Å². The van der Waals surface area contributed by atoms with Crippen molar-refractivity contribution >= 4 is 29.1 Å². The third kappa shape index (κ3) is 3.27. The second-order valence-corrected chi connectivity index (χ2v) is 5.47. The Morgan fingerprint density at radius 1 is 1.33 bits per heavy atom. The topological polar surface area (TPSA) is 76.0 Å². The van der Waals surface area contributed by atoms with E-state index in [0.29, 0.717) is 10.9 Å². The van der Waals surface area contributed by atoms with Crippen molar-refractivity contribution in [3.63, 3.8) is 0 Å². The Balaban J connectivity index is 2.04. The Hall–Kier alpha value is -1.47. The van der Waals surface area contributed by atoms with Crippen LogP contribution in [0.1, 0.15) is 26.9 Å². The van der Waals surface area contributed by atoms with Crippen molar-refractivity contribution in [1.82, 2.24) is 15.0 Å². The number of nitrogens with zero attached hydrogens (tertiary/aromatic N) is 3. The molecule has 0 spiro atoms. The number of thiazole rings is 1. The van der Waals surface area contributed by atoms with E-state index in [2.05, 4.69) is 15.0 Å². The number of thioether (sulfide) groups is 1. The molecule has 2 aromatic heterocycles. The maximum Gasteiger partial charge on any atom is 0.365 e. The van der Waals surface area contributed by atoms with Crippen LogP contribution in [0.15, 0.2) is 16.6 Å². The number of aryl methyl sites for hydroxylation is 2. The molecule has 0 radical (unpaired) electrons. The highest BCUT2D eigenvalue weighted by Crippen LogP contribution is 2.21. The fourth-order valence-corrected chi connectivity index (χ4v) is 2.97. The van der Waals surface area contributed by atoms with Gasteiger partial charge in [-0.3, -0.25) is 0 Å². The second-order valence-electron chi connectivity index (χ2n) is 3.67. The summed E-state index contributed by atoms with van der Waals surface area (Å²) >= 11 is 2.59. The lowest BCUT2D eigenvalue weighted by molar-refractivity contribution is 0.0696. The summed E-state index contributed by atoms with van der Waals surface area (Å²) in [4.78, 5) is 23.3. The average Bonchev–Trinajstić information content (AvgIpc) is 2.73. The van der Waals surface area contributed by atoms with E-state index >= 15 is 0 Å². The third-order valence-corrected chi connectivity index (χ3v) is 3.81. The van der Waals surface area contributed by atoms with Crippen LogP contribution in [-0.2, 0) is 5.75 Å². The van der Waals surface area contributed by atoms with Gasteiger partial charge in [-0.25, -0.2) is 19.7 Å². The predicted molar refractivity (Wildman–Crippen MR) is 70.1 cm³/mol. The van der Waals surface area contributed by atoms with Crippen molar-refractivity contribution in [2.24, 2.45) is 0 Å². The molecule has 2 heterocycles. The fraction of sp³-hybridized carbons (Fsp3) is 0.273. The quantitative estimate of drug-likeness (QED) is 0.685. The summed E-state index contributed by atoms with van der Waals surface area (Å²) in [6, 6.07) is 1.91. The molecule has 0 aliphatic rings. The minimum absolute atomic E-state index is 0.118. The molecule has 0 atom stereocenters. The molecule has 0 bridgehead atoms. The van der Waals surface area contributed by atoms with Crippen LogP contribution in [0.4, 0.5) is 0 Å². The maximum absolute atomic E-state index is 10.7.